The lowest BCUT2D eigenvalue weighted by Crippen LogP contribution is -2.54. The van der Waals surface area contributed by atoms with Crippen LogP contribution in [0.15, 0.2) is 54.6 Å². The molecule has 1 saturated heterocycles. The van der Waals surface area contributed by atoms with Crippen molar-refractivity contribution in [3.63, 3.8) is 0 Å². The number of rotatable bonds is 7. The van der Waals surface area contributed by atoms with Gasteiger partial charge in [0.15, 0.2) is 11.5 Å². The molecule has 0 aliphatic carbocycles. The van der Waals surface area contributed by atoms with E-state index in [4.69, 9.17) is 21.1 Å². The van der Waals surface area contributed by atoms with E-state index >= 15 is 0 Å². The number of ether oxygens (including phenoxy) is 2. The molecule has 0 bridgehead atoms. The van der Waals surface area contributed by atoms with Crippen molar-refractivity contribution in [1.29, 1.82) is 0 Å². The number of imide groups is 2. The fourth-order valence-electron chi connectivity index (χ4n) is 2.89. The average molecular weight is 445 g/mol. The molecule has 1 N–H and O–H groups in total. The third-order valence-corrected chi connectivity index (χ3v) is 4.46. The van der Waals surface area contributed by atoms with Crippen LogP contribution in [0, 0.1) is 5.82 Å². The number of hydrogen-bond acceptors (Lipinski definition) is 5. The summed E-state index contributed by atoms with van der Waals surface area (Å²) in [6.45, 7) is 5.86. The molecule has 4 amide bonds. The molecule has 1 aliphatic rings. The Morgan fingerprint density at radius 2 is 1.94 bits per heavy atom. The Morgan fingerprint density at radius 3 is 2.61 bits per heavy atom. The fourth-order valence-corrected chi connectivity index (χ4v) is 3.17. The van der Waals surface area contributed by atoms with Crippen molar-refractivity contribution in [2.24, 2.45) is 0 Å². The van der Waals surface area contributed by atoms with Gasteiger partial charge in [-0.15, -0.1) is 0 Å². The summed E-state index contributed by atoms with van der Waals surface area (Å²) in [6.07, 6.45) is 2.78. The molecular formula is C22H18ClFN2O5. The van der Waals surface area contributed by atoms with Gasteiger partial charge in [-0.25, -0.2) is 14.1 Å². The Morgan fingerprint density at radius 1 is 1.19 bits per heavy atom. The molecule has 3 rings (SSSR count). The third kappa shape index (κ3) is 4.59. The van der Waals surface area contributed by atoms with E-state index < -0.39 is 23.7 Å². The number of carbonyl (C=O) groups is 3. The third-order valence-electron chi connectivity index (χ3n) is 4.18. The summed E-state index contributed by atoms with van der Waals surface area (Å²) < 4.78 is 25.2. The molecule has 2 aromatic rings. The van der Waals surface area contributed by atoms with E-state index in [1.165, 1.54) is 36.4 Å². The summed E-state index contributed by atoms with van der Waals surface area (Å²) in [4.78, 5) is 38.0. The zero-order chi connectivity index (χ0) is 22.5. The molecule has 31 heavy (non-hydrogen) atoms. The molecule has 0 spiro atoms. The van der Waals surface area contributed by atoms with Crippen LogP contribution in [0.5, 0.6) is 11.5 Å². The summed E-state index contributed by atoms with van der Waals surface area (Å²) >= 11 is 6.30. The van der Waals surface area contributed by atoms with Crippen molar-refractivity contribution < 1.29 is 28.2 Å². The van der Waals surface area contributed by atoms with E-state index in [2.05, 4.69) is 6.58 Å². The zero-order valence-electron chi connectivity index (χ0n) is 16.5. The van der Waals surface area contributed by atoms with Crippen LogP contribution in [0.4, 0.5) is 14.9 Å². The summed E-state index contributed by atoms with van der Waals surface area (Å²) in [5.41, 5.74) is -0.300. The molecule has 1 aliphatic heterocycles. The minimum atomic E-state index is -1.04. The molecule has 7 nitrogen and oxygen atoms in total. The highest BCUT2D eigenvalue weighted by Crippen LogP contribution is 2.37. The Balaban J connectivity index is 2.04. The standard InChI is InChI=1S/C22H18ClFN2O5/c1-3-9-31-19-15(23)11-13(12-18(19)30-4-2)10-14-20(27)25-22(29)26(21(14)28)17-8-6-5-7-16(17)24/h3,5-8,10-12H,1,4,9H2,2H3,(H,25,27,29). The molecule has 0 atom stereocenters. The van der Waals surface area contributed by atoms with Crippen LogP contribution in [0.3, 0.4) is 0 Å². The molecule has 0 unspecified atom stereocenters. The number of benzene rings is 2. The maximum atomic E-state index is 14.2. The van der Waals surface area contributed by atoms with E-state index in [1.54, 1.807) is 13.0 Å². The van der Waals surface area contributed by atoms with Gasteiger partial charge in [-0.3, -0.25) is 14.9 Å². The summed E-state index contributed by atoms with van der Waals surface area (Å²) in [5, 5.41) is 2.23. The molecule has 9 heteroatoms. The van der Waals surface area contributed by atoms with Gasteiger partial charge in [0.2, 0.25) is 0 Å². The Labute approximate surface area is 182 Å². The van der Waals surface area contributed by atoms with Crippen LogP contribution < -0.4 is 19.7 Å². The maximum absolute atomic E-state index is 14.2. The monoisotopic (exact) mass is 444 g/mol. The van der Waals surface area contributed by atoms with Gasteiger partial charge in [-0.2, -0.15) is 0 Å². The zero-order valence-corrected chi connectivity index (χ0v) is 17.2. The number of nitrogens with zero attached hydrogens (tertiary/aromatic N) is 1. The highest BCUT2D eigenvalue weighted by atomic mass is 35.5. The maximum Gasteiger partial charge on any atom is 0.336 e. The largest absolute Gasteiger partial charge is 0.490 e. The van der Waals surface area contributed by atoms with Gasteiger partial charge in [-0.1, -0.05) is 36.4 Å². The van der Waals surface area contributed by atoms with Gasteiger partial charge >= 0.3 is 6.03 Å². The summed E-state index contributed by atoms with van der Waals surface area (Å²) in [7, 11) is 0. The number of nitrogens with one attached hydrogen (secondary N) is 1. The molecular weight excluding hydrogens is 427 g/mol. The summed E-state index contributed by atoms with van der Waals surface area (Å²) in [6, 6.07) is 7.21. The minimum Gasteiger partial charge on any atom is -0.490 e. The highest BCUT2D eigenvalue weighted by Gasteiger charge is 2.38. The van der Waals surface area contributed by atoms with Gasteiger partial charge in [0.05, 0.1) is 17.3 Å². The van der Waals surface area contributed by atoms with Gasteiger partial charge in [0.1, 0.15) is 18.0 Å². The Kier molecular flexibility index (Phi) is 6.71. The minimum absolute atomic E-state index is 0.186. The van der Waals surface area contributed by atoms with Gasteiger partial charge in [-0.05, 0) is 42.8 Å². The fraction of sp³-hybridized carbons (Fsp3) is 0.136. The number of barbiturate groups is 1. The second kappa shape index (κ2) is 9.44. The predicted molar refractivity (Wildman–Crippen MR) is 114 cm³/mol. The van der Waals surface area contributed by atoms with Gasteiger partial charge < -0.3 is 9.47 Å². The number of para-hydroxylation sites is 1. The topological polar surface area (TPSA) is 84.9 Å². The van der Waals surface area contributed by atoms with E-state index in [0.29, 0.717) is 22.8 Å². The number of hydrogen-bond donors (Lipinski definition) is 1. The number of amides is 4. The molecule has 0 aromatic heterocycles. The van der Waals surface area contributed by atoms with Crippen molar-refractivity contribution in [2.75, 3.05) is 18.1 Å². The lowest BCUT2D eigenvalue weighted by Gasteiger charge is -2.26. The summed E-state index contributed by atoms with van der Waals surface area (Å²) in [5.74, 6) is -2.09. The number of carbonyl (C=O) groups excluding carboxylic acids is 3. The first-order valence-electron chi connectivity index (χ1n) is 9.23. The van der Waals surface area contributed by atoms with Crippen molar-refractivity contribution in [3.8, 4) is 11.5 Å². The highest BCUT2D eigenvalue weighted by molar-refractivity contribution is 6.39. The number of anilines is 1. The number of urea groups is 1. The SMILES string of the molecule is C=CCOc1c(Cl)cc(C=C2C(=O)NC(=O)N(c3ccccc3F)C2=O)cc1OCC. The normalized spacial score (nSPS) is 15.1. The Hall–Kier alpha value is -3.65. The lowest BCUT2D eigenvalue weighted by molar-refractivity contribution is -0.122. The first kappa shape index (κ1) is 22.0. The van der Waals surface area contributed by atoms with Crippen LogP contribution in [0.1, 0.15) is 12.5 Å². The van der Waals surface area contributed by atoms with Crippen molar-refractivity contribution >= 4 is 41.2 Å². The molecule has 1 heterocycles. The van der Waals surface area contributed by atoms with E-state index in [0.717, 1.165) is 6.07 Å². The van der Waals surface area contributed by atoms with Crippen molar-refractivity contribution in [2.45, 2.75) is 6.92 Å². The van der Waals surface area contributed by atoms with Gasteiger partial charge in [0.25, 0.3) is 11.8 Å². The van der Waals surface area contributed by atoms with Crippen LogP contribution in [0.2, 0.25) is 5.02 Å². The second-order valence-electron chi connectivity index (χ2n) is 6.27. The van der Waals surface area contributed by atoms with Crippen LogP contribution in [-0.4, -0.2) is 31.1 Å². The van der Waals surface area contributed by atoms with E-state index in [9.17, 15) is 18.8 Å². The quantitative estimate of drug-likeness (QED) is 0.394. The lowest BCUT2D eigenvalue weighted by atomic mass is 10.1. The number of halogens is 2. The van der Waals surface area contributed by atoms with Crippen LogP contribution in [0.25, 0.3) is 6.08 Å². The average Bonchev–Trinajstić information content (AvgIpc) is 2.72. The Bertz CT molecular complexity index is 1100. The van der Waals surface area contributed by atoms with E-state index in [1.807, 2.05) is 5.32 Å². The molecule has 0 radical (unpaired) electrons. The van der Waals surface area contributed by atoms with Crippen molar-refractivity contribution in [3.05, 3.63) is 71.0 Å². The van der Waals surface area contributed by atoms with Crippen LogP contribution >= 0.6 is 11.6 Å². The predicted octanol–water partition coefficient (Wildman–Crippen LogP) is 4.11. The first-order valence-corrected chi connectivity index (χ1v) is 9.61. The molecule has 160 valence electrons. The van der Waals surface area contributed by atoms with Gasteiger partial charge in [0, 0.05) is 0 Å². The second-order valence-corrected chi connectivity index (χ2v) is 6.68. The molecule has 2 aromatic carbocycles. The van der Waals surface area contributed by atoms with E-state index in [-0.39, 0.29) is 28.6 Å². The van der Waals surface area contributed by atoms with Crippen LogP contribution in [-0.2, 0) is 9.59 Å². The van der Waals surface area contributed by atoms with Crippen molar-refractivity contribution in [1.82, 2.24) is 5.32 Å². The smallest absolute Gasteiger partial charge is 0.336 e. The molecule has 0 saturated carbocycles. The first-order chi connectivity index (χ1) is 14.9. The molecule has 1 fully saturated rings.